The Morgan fingerprint density at radius 3 is 2.95 bits per heavy atom. The number of anilines is 2. The van der Waals surface area contributed by atoms with E-state index in [4.69, 9.17) is 17.3 Å². The number of nitrogens with two attached hydrogens (primary N) is 1. The van der Waals surface area contributed by atoms with Crippen molar-refractivity contribution in [3.63, 3.8) is 0 Å². The van der Waals surface area contributed by atoms with Gasteiger partial charge in [-0.05, 0) is 40.5 Å². The maximum atomic E-state index is 12.1. The number of nitrogens with one attached hydrogen (secondary N) is 1. The van der Waals surface area contributed by atoms with Crippen molar-refractivity contribution in [2.45, 2.75) is 6.92 Å². The number of aromatic nitrogens is 1. The molecule has 0 aliphatic heterocycles. The molecule has 0 fully saturated rings. The van der Waals surface area contributed by atoms with Gasteiger partial charge in [0.1, 0.15) is 5.15 Å². The van der Waals surface area contributed by atoms with Crippen molar-refractivity contribution < 1.29 is 4.79 Å². The standard InChI is InChI=1S/C13H11BrClN3O/c1-7-3-2-4-10(11(7)14)18-13(19)9-5-8(16)6-17-12(9)15/h2-6H,16H2,1H3,(H,18,19). The lowest BCUT2D eigenvalue weighted by Crippen LogP contribution is -2.14. The molecule has 98 valence electrons. The van der Waals surface area contributed by atoms with E-state index in [0.717, 1.165) is 10.0 Å². The zero-order chi connectivity index (χ0) is 14.0. The van der Waals surface area contributed by atoms with Gasteiger partial charge in [-0.25, -0.2) is 4.98 Å². The van der Waals surface area contributed by atoms with Crippen molar-refractivity contribution in [2.24, 2.45) is 0 Å². The lowest BCUT2D eigenvalue weighted by molar-refractivity contribution is 0.102. The molecule has 3 N–H and O–H groups in total. The molecule has 1 aromatic carbocycles. The number of hydrogen-bond donors (Lipinski definition) is 2. The topological polar surface area (TPSA) is 68.0 Å². The van der Waals surface area contributed by atoms with E-state index < -0.39 is 0 Å². The van der Waals surface area contributed by atoms with Crippen LogP contribution in [0.1, 0.15) is 15.9 Å². The van der Waals surface area contributed by atoms with E-state index >= 15 is 0 Å². The molecule has 0 radical (unpaired) electrons. The van der Waals surface area contributed by atoms with E-state index in [1.807, 2.05) is 19.1 Å². The molecule has 0 unspecified atom stereocenters. The summed E-state index contributed by atoms with van der Waals surface area (Å²) in [6.07, 6.45) is 1.40. The molecule has 4 nitrogen and oxygen atoms in total. The van der Waals surface area contributed by atoms with Gasteiger partial charge in [0.05, 0.1) is 23.1 Å². The Hall–Kier alpha value is -1.59. The largest absolute Gasteiger partial charge is 0.397 e. The van der Waals surface area contributed by atoms with Crippen LogP contribution in [0, 0.1) is 6.92 Å². The average molecular weight is 341 g/mol. The molecule has 1 heterocycles. The Kier molecular flexibility index (Phi) is 4.07. The summed E-state index contributed by atoms with van der Waals surface area (Å²) >= 11 is 9.32. The van der Waals surface area contributed by atoms with Gasteiger partial charge in [0.15, 0.2) is 0 Å². The highest BCUT2D eigenvalue weighted by Crippen LogP contribution is 2.27. The van der Waals surface area contributed by atoms with Gasteiger partial charge >= 0.3 is 0 Å². The van der Waals surface area contributed by atoms with Gasteiger partial charge in [-0.3, -0.25) is 4.79 Å². The summed E-state index contributed by atoms with van der Waals surface area (Å²) in [5.41, 5.74) is 7.93. The maximum Gasteiger partial charge on any atom is 0.258 e. The monoisotopic (exact) mass is 339 g/mol. The Labute approximate surface area is 124 Å². The normalized spacial score (nSPS) is 10.3. The van der Waals surface area contributed by atoms with Gasteiger partial charge in [-0.15, -0.1) is 0 Å². The van der Waals surface area contributed by atoms with Crippen molar-refractivity contribution in [3.8, 4) is 0 Å². The summed E-state index contributed by atoms with van der Waals surface area (Å²) in [6, 6.07) is 7.08. The summed E-state index contributed by atoms with van der Waals surface area (Å²) in [5, 5.41) is 2.89. The Morgan fingerprint density at radius 2 is 2.21 bits per heavy atom. The Bertz CT molecular complexity index is 646. The number of halogens is 2. The fourth-order valence-corrected chi connectivity index (χ4v) is 2.11. The van der Waals surface area contributed by atoms with Crippen molar-refractivity contribution in [3.05, 3.63) is 51.2 Å². The van der Waals surface area contributed by atoms with Gasteiger partial charge in [-0.1, -0.05) is 23.7 Å². The molecule has 19 heavy (non-hydrogen) atoms. The molecule has 1 amide bonds. The molecular formula is C13H11BrClN3O. The van der Waals surface area contributed by atoms with Gasteiger partial charge in [-0.2, -0.15) is 0 Å². The van der Waals surface area contributed by atoms with Crippen LogP contribution in [-0.4, -0.2) is 10.9 Å². The number of amides is 1. The van der Waals surface area contributed by atoms with Crippen LogP contribution >= 0.6 is 27.5 Å². The molecule has 0 saturated heterocycles. The highest BCUT2D eigenvalue weighted by atomic mass is 79.9. The number of aryl methyl sites for hydroxylation is 1. The van der Waals surface area contributed by atoms with Crippen molar-refractivity contribution in [2.75, 3.05) is 11.1 Å². The van der Waals surface area contributed by atoms with Crippen LogP contribution in [0.15, 0.2) is 34.9 Å². The first-order valence-electron chi connectivity index (χ1n) is 5.46. The number of nitrogens with zero attached hydrogens (tertiary/aromatic N) is 1. The van der Waals surface area contributed by atoms with Crippen LogP contribution in [0.3, 0.4) is 0 Å². The number of carbonyl (C=O) groups excluding carboxylic acids is 1. The van der Waals surface area contributed by atoms with Crippen molar-refractivity contribution >= 4 is 44.8 Å². The van der Waals surface area contributed by atoms with Crippen LogP contribution < -0.4 is 11.1 Å². The minimum absolute atomic E-state index is 0.121. The minimum atomic E-state index is -0.351. The highest BCUT2D eigenvalue weighted by Gasteiger charge is 2.13. The van der Waals surface area contributed by atoms with Gasteiger partial charge < -0.3 is 11.1 Å². The molecule has 2 rings (SSSR count). The van der Waals surface area contributed by atoms with Crippen LogP contribution in [0.2, 0.25) is 5.15 Å². The molecule has 0 bridgehead atoms. The number of pyridine rings is 1. The predicted molar refractivity (Wildman–Crippen MR) is 80.5 cm³/mol. The third-order valence-corrected chi connectivity index (χ3v) is 3.90. The van der Waals surface area contributed by atoms with Crippen LogP contribution in [0.5, 0.6) is 0 Å². The third kappa shape index (κ3) is 3.05. The van der Waals surface area contributed by atoms with Crippen LogP contribution in [0.25, 0.3) is 0 Å². The summed E-state index contributed by atoms with van der Waals surface area (Å²) in [6.45, 7) is 1.94. The van der Waals surface area contributed by atoms with E-state index in [1.165, 1.54) is 12.3 Å². The first kappa shape index (κ1) is 13.8. The van der Waals surface area contributed by atoms with Crippen LogP contribution in [0.4, 0.5) is 11.4 Å². The molecule has 1 aromatic heterocycles. The lowest BCUT2D eigenvalue weighted by atomic mass is 10.2. The molecule has 2 aromatic rings. The molecule has 6 heteroatoms. The van der Waals surface area contributed by atoms with Gasteiger partial charge in [0.2, 0.25) is 0 Å². The molecule has 0 aliphatic carbocycles. The van der Waals surface area contributed by atoms with Crippen LogP contribution in [-0.2, 0) is 0 Å². The fraction of sp³-hybridized carbons (Fsp3) is 0.0769. The molecule has 0 aliphatic rings. The molecular weight excluding hydrogens is 330 g/mol. The Balaban J connectivity index is 2.31. The SMILES string of the molecule is Cc1cccc(NC(=O)c2cc(N)cnc2Cl)c1Br. The third-order valence-electron chi connectivity index (χ3n) is 2.54. The molecule has 0 saturated carbocycles. The lowest BCUT2D eigenvalue weighted by Gasteiger charge is -2.10. The Morgan fingerprint density at radius 1 is 1.47 bits per heavy atom. The summed E-state index contributed by atoms with van der Waals surface area (Å²) < 4.78 is 0.830. The molecule has 0 atom stereocenters. The summed E-state index contributed by atoms with van der Waals surface area (Å²) in [5.74, 6) is -0.351. The number of carbonyl (C=O) groups is 1. The first-order chi connectivity index (χ1) is 8.99. The average Bonchev–Trinajstić information content (AvgIpc) is 2.38. The van der Waals surface area contributed by atoms with E-state index in [2.05, 4.69) is 26.2 Å². The maximum absolute atomic E-state index is 12.1. The van der Waals surface area contributed by atoms with E-state index in [1.54, 1.807) is 6.07 Å². The predicted octanol–water partition coefficient (Wildman–Crippen LogP) is 3.64. The quantitative estimate of drug-likeness (QED) is 0.820. The number of rotatable bonds is 2. The molecule has 0 spiro atoms. The zero-order valence-corrected chi connectivity index (χ0v) is 12.4. The van der Waals surface area contributed by atoms with Crippen molar-refractivity contribution in [1.82, 2.24) is 4.98 Å². The van der Waals surface area contributed by atoms with E-state index in [0.29, 0.717) is 11.4 Å². The number of hydrogen-bond acceptors (Lipinski definition) is 3. The second-order valence-electron chi connectivity index (χ2n) is 4.00. The highest BCUT2D eigenvalue weighted by molar-refractivity contribution is 9.10. The second kappa shape index (κ2) is 5.59. The van der Waals surface area contributed by atoms with E-state index in [9.17, 15) is 4.79 Å². The van der Waals surface area contributed by atoms with Gasteiger partial charge in [0.25, 0.3) is 5.91 Å². The minimum Gasteiger partial charge on any atom is -0.397 e. The first-order valence-corrected chi connectivity index (χ1v) is 6.63. The van der Waals surface area contributed by atoms with Crippen molar-refractivity contribution in [1.29, 1.82) is 0 Å². The fourth-order valence-electron chi connectivity index (χ4n) is 1.56. The number of benzene rings is 1. The smallest absolute Gasteiger partial charge is 0.258 e. The zero-order valence-electron chi connectivity index (χ0n) is 10.1. The van der Waals surface area contributed by atoms with Gasteiger partial charge in [0, 0.05) is 4.47 Å². The summed E-state index contributed by atoms with van der Waals surface area (Å²) in [4.78, 5) is 16.0. The number of nitrogen functional groups attached to an aromatic ring is 1. The summed E-state index contributed by atoms with van der Waals surface area (Å²) in [7, 11) is 0. The van der Waals surface area contributed by atoms with E-state index in [-0.39, 0.29) is 16.6 Å². The second-order valence-corrected chi connectivity index (χ2v) is 5.15.